The second-order valence-electron chi connectivity index (χ2n) is 8.49. The Morgan fingerprint density at radius 3 is 2.65 bits per heavy atom. The van der Waals surface area contributed by atoms with Crippen LogP contribution in [0.3, 0.4) is 0 Å². The highest BCUT2D eigenvalue weighted by atomic mass is 35.5. The van der Waals surface area contributed by atoms with Gasteiger partial charge in [0, 0.05) is 35.5 Å². The highest BCUT2D eigenvalue weighted by Gasteiger charge is 2.18. The van der Waals surface area contributed by atoms with Crippen LogP contribution in [0.2, 0.25) is 5.02 Å². The van der Waals surface area contributed by atoms with Gasteiger partial charge >= 0.3 is 0 Å². The van der Waals surface area contributed by atoms with Gasteiger partial charge in [-0.1, -0.05) is 25.4 Å². The number of halogens is 2. The Kier molecular flexibility index (Phi) is 7.43. The van der Waals surface area contributed by atoms with Gasteiger partial charge in [0.1, 0.15) is 17.4 Å². The number of hydrogen-bond acceptors (Lipinski definition) is 5. The molecule has 1 N–H and O–H groups in total. The van der Waals surface area contributed by atoms with Gasteiger partial charge in [-0.15, -0.1) is 0 Å². The van der Waals surface area contributed by atoms with Gasteiger partial charge < -0.3 is 14.6 Å². The number of benzene rings is 2. The molecule has 34 heavy (non-hydrogen) atoms. The number of nitrogens with one attached hydrogen (secondary N) is 1. The second-order valence-corrected chi connectivity index (χ2v) is 8.92. The van der Waals surface area contributed by atoms with Crippen LogP contribution in [0, 0.1) is 11.7 Å². The highest BCUT2D eigenvalue weighted by Crippen LogP contribution is 2.30. The zero-order valence-electron chi connectivity index (χ0n) is 19.1. The Morgan fingerprint density at radius 2 is 1.94 bits per heavy atom. The van der Waals surface area contributed by atoms with E-state index in [1.165, 1.54) is 12.1 Å². The van der Waals surface area contributed by atoms with Crippen LogP contribution < -0.4 is 10.2 Å². The molecule has 0 unspecified atom stereocenters. The molecule has 2 heterocycles. The predicted octanol–water partition coefficient (Wildman–Crippen LogP) is 5.85. The molecule has 2 aromatic carbocycles. The lowest BCUT2D eigenvalue weighted by Gasteiger charge is -2.27. The van der Waals surface area contributed by atoms with Crippen molar-refractivity contribution >= 4 is 34.2 Å². The lowest BCUT2D eigenvalue weighted by atomic mass is 10.1. The van der Waals surface area contributed by atoms with Crippen molar-refractivity contribution in [3.63, 3.8) is 0 Å². The number of aromatic nitrogens is 2. The van der Waals surface area contributed by atoms with Gasteiger partial charge in [0.2, 0.25) is 5.91 Å². The van der Waals surface area contributed by atoms with Crippen molar-refractivity contribution < 1.29 is 13.6 Å². The molecule has 0 atom stereocenters. The van der Waals surface area contributed by atoms with Crippen molar-refractivity contribution in [1.82, 2.24) is 15.3 Å². The molecule has 0 saturated heterocycles. The van der Waals surface area contributed by atoms with Gasteiger partial charge in [0.05, 0.1) is 18.3 Å². The Labute approximate surface area is 202 Å². The molecule has 0 aliphatic rings. The van der Waals surface area contributed by atoms with Gasteiger partial charge in [-0.05, 0) is 60.5 Å². The van der Waals surface area contributed by atoms with E-state index in [2.05, 4.69) is 29.0 Å². The molecule has 4 rings (SSSR count). The van der Waals surface area contributed by atoms with E-state index < -0.39 is 0 Å². The first-order valence-corrected chi connectivity index (χ1v) is 11.5. The molecule has 0 radical (unpaired) electrons. The van der Waals surface area contributed by atoms with E-state index in [1.807, 2.05) is 12.1 Å². The van der Waals surface area contributed by atoms with E-state index in [9.17, 15) is 9.18 Å². The van der Waals surface area contributed by atoms with Crippen molar-refractivity contribution in [1.29, 1.82) is 0 Å². The predicted molar refractivity (Wildman–Crippen MR) is 132 cm³/mol. The first-order chi connectivity index (χ1) is 16.4. The summed E-state index contributed by atoms with van der Waals surface area (Å²) in [6.07, 6.45) is 1.87. The quantitative estimate of drug-likeness (QED) is 0.325. The maximum atomic E-state index is 13.5. The minimum Gasteiger partial charge on any atom is -0.467 e. The van der Waals surface area contributed by atoms with E-state index in [4.69, 9.17) is 21.0 Å². The summed E-state index contributed by atoms with van der Waals surface area (Å²) in [5.74, 6) is 1.82. The topological polar surface area (TPSA) is 71.3 Å². The van der Waals surface area contributed by atoms with E-state index >= 15 is 0 Å². The standard InChI is InChI=1S/C26H26ClFN4O2/c1-17(2)16-32(12-11-24(33)29-15-21-4-3-13-34-21)26-22-10-7-19(27)14-23(22)30-25(31-26)18-5-8-20(28)9-6-18/h3-10,13-14,17H,11-12,15-16H2,1-2H3,(H,29,33). The number of fused-ring (bicyclic) bond motifs is 1. The summed E-state index contributed by atoms with van der Waals surface area (Å²) in [6, 6.07) is 15.2. The molecule has 176 valence electrons. The number of anilines is 1. The Hall–Kier alpha value is -3.45. The lowest BCUT2D eigenvalue weighted by molar-refractivity contribution is -0.121. The van der Waals surface area contributed by atoms with E-state index in [1.54, 1.807) is 36.6 Å². The molecular formula is C26H26ClFN4O2. The zero-order chi connectivity index (χ0) is 24.1. The third-order valence-corrected chi connectivity index (χ3v) is 5.51. The van der Waals surface area contributed by atoms with Crippen LogP contribution in [0.25, 0.3) is 22.3 Å². The van der Waals surface area contributed by atoms with Gasteiger partial charge in [-0.25, -0.2) is 14.4 Å². The fraction of sp³-hybridized carbons (Fsp3) is 0.269. The Bertz CT molecular complexity index is 1260. The largest absolute Gasteiger partial charge is 0.467 e. The van der Waals surface area contributed by atoms with Crippen LogP contribution >= 0.6 is 11.6 Å². The zero-order valence-corrected chi connectivity index (χ0v) is 19.8. The monoisotopic (exact) mass is 480 g/mol. The van der Waals surface area contributed by atoms with Crippen LogP contribution in [0.15, 0.2) is 65.3 Å². The smallest absolute Gasteiger partial charge is 0.222 e. The third kappa shape index (κ3) is 5.91. The van der Waals surface area contributed by atoms with Gasteiger partial charge in [-0.2, -0.15) is 0 Å². The number of nitrogens with zero attached hydrogens (tertiary/aromatic N) is 3. The molecule has 0 aliphatic heterocycles. The average molecular weight is 481 g/mol. The summed E-state index contributed by atoms with van der Waals surface area (Å²) in [5, 5.41) is 4.29. The molecule has 1 amide bonds. The normalized spacial score (nSPS) is 11.2. The third-order valence-electron chi connectivity index (χ3n) is 5.28. The van der Waals surface area contributed by atoms with Crippen LogP contribution in [0.5, 0.6) is 0 Å². The number of furan rings is 1. The van der Waals surface area contributed by atoms with Crippen molar-refractivity contribution in [2.75, 3.05) is 18.0 Å². The van der Waals surface area contributed by atoms with E-state index in [-0.39, 0.29) is 11.7 Å². The van der Waals surface area contributed by atoms with Crippen LogP contribution in [0.4, 0.5) is 10.2 Å². The van der Waals surface area contributed by atoms with Crippen molar-refractivity contribution in [2.24, 2.45) is 5.92 Å². The van der Waals surface area contributed by atoms with Gasteiger partial charge in [0.25, 0.3) is 0 Å². The molecule has 0 fully saturated rings. The molecule has 0 spiro atoms. The highest BCUT2D eigenvalue weighted by molar-refractivity contribution is 6.31. The van der Waals surface area contributed by atoms with E-state index in [0.29, 0.717) is 65.5 Å². The van der Waals surface area contributed by atoms with Crippen molar-refractivity contribution in [2.45, 2.75) is 26.8 Å². The van der Waals surface area contributed by atoms with Crippen molar-refractivity contribution in [3.8, 4) is 11.4 Å². The summed E-state index contributed by atoms with van der Waals surface area (Å²) < 4.78 is 18.8. The molecule has 4 aromatic rings. The minimum atomic E-state index is -0.324. The summed E-state index contributed by atoms with van der Waals surface area (Å²) in [5.41, 5.74) is 1.39. The molecule has 2 aromatic heterocycles. The maximum Gasteiger partial charge on any atom is 0.222 e. The Balaban J connectivity index is 1.64. The molecule has 0 saturated carbocycles. The number of amides is 1. The summed E-state index contributed by atoms with van der Waals surface area (Å²) in [6.45, 7) is 5.75. The first-order valence-electron chi connectivity index (χ1n) is 11.2. The maximum absolute atomic E-state index is 13.5. The fourth-order valence-electron chi connectivity index (χ4n) is 3.70. The van der Waals surface area contributed by atoms with Gasteiger partial charge in [-0.3, -0.25) is 4.79 Å². The molecular weight excluding hydrogens is 455 g/mol. The number of hydrogen-bond donors (Lipinski definition) is 1. The molecule has 0 bridgehead atoms. The van der Waals surface area contributed by atoms with Crippen molar-refractivity contribution in [3.05, 3.63) is 77.5 Å². The summed E-state index contributed by atoms with van der Waals surface area (Å²) in [7, 11) is 0. The van der Waals surface area contributed by atoms with Crippen LogP contribution in [0.1, 0.15) is 26.0 Å². The SMILES string of the molecule is CC(C)CN(CCC(=O)NCc1ccco1)c1nc(-c2ccc(F)cc2)nc2cc(Cl)ccc12. The second kappa shape index (κ2) is 10.7. The summed E-state index contributed by atoms with van der Waals surface area (Å²) >= 11 is 6.25. The average Bonchev–Trinajstić information content (AvgIpc) is 3.33. The fourth-order valence-corrected chi connectivity index (χ4v) is 3.87. The molecule has 6 nitrogen and oxygen atoms in total. The number of rotatable bonds is 9. The van der Waals surface area contributed by atoms with Crippen LogP contribution in [-0.2, 0) is 11.3 Å². The molecule has 8 heteroatoms. The Morgan fingerprint density at radius 1 is 1.15 bits per heavy atom. The number of carbonyl (C=O) groups is 1. The lowest BCUT2D eigenvalue weighted by Crippen LogP contribution is -2.33. The first kappa shape index (κ1) is 23.7. The minimum absolute atomic E-state index is 0.0784. The molecule has 0 aliphatic carbocycles. The van der Waals surface area contributed by atoms with Crippen LogP contribution in [-0.4, -0.2) is 29.0 Å². The van der Waals surface area contributed by atoms with Gasteiger partial charge in [0.15, 0.2) is 5.82 Å². The summed E-state index contributed by atoms with van der Waals surface area (Å²) in [4.78, 5) is 24.2. The van der Waals surface area contributed by atoms with E-state index in [0.717, 1.165) is 5.39 Å². The number of carbonyl (C=O) groups excluding carboxylic acids is 1.